The van der Waals surface area contributed by atoms with Crippen LogP contribution < -0.4 is 4.72 Å². The Hall–Kier alpha value is -0.560. The number of rotatable bonds is 8. The van der Waals surface area contributed by atoms with Crippen LogP contribution in [0.2, 0.25) is 0 Å². The summed E-state index contributed by atoms with van der Waals surface area (Å²) in [7, 11) is -3.45. The molecule has 2 N–H and O–H groups in total. The molecule has 0 spiro atoms. The van der Waals surface area contributed by atoms with E-state index in [0.29, 0.717) is 6.42 Å². The van der Waals surface area contributed by atoms with Crippen molar-refractivity contribution in [3.8, 4) is 0 Å². The SMILES string of the molecule is CCSCC(C)NS(=O)(=O)c1ccc(CCO)cc1. The highest BCUT2D eigenvalue weighted by atomic mass is 32.2. The van der Waals surface area contributed by atoms with Crippen molar-refractivity contribution in [2.24, 2.45) is 0 Å². The first-order valence-corrected chi connectivity index (χ1v) is 8.93. The molecule has 1 unspecified atom stereocenters. The molecule has 0 radical (unpaired) electrons. The second-order valence-electron chi connectivity index (χ2n) is 4.30. The number of benzene rings is 1. The van der Waals surface area contributed by atoms with Crippen LogP contribution in [-0.4, -0.2) is 37.7 Å². The molecule has 19 heavy (non-hydrogen) atoms. The summed E-state index contributed by atoms with van der Waals surface area (Å²) in [5.74, 6) is 1.74. The normalized spacial score (nSPS) is 13.4. The van der Waals surface area contributed by atoms with Gasteiger partial charge in [-0.1, -0.05) is 19.1 Å². The van der Waals surface area contributed by atoms with Crippen molar-refractivity contribution in [1.82, 2.24) is 4.72 Å². The van der Waals surface area contributed by atoms with Crippen LogP contribution in [0.1, 0.15) is 19.4 Å². The largest absolute Gasteiger partial charge is 0.396 e. The van der Waals surface area contributed by atoms with Gasteiger partial charge in [0.1, 0.15) is 0 Å². The van der Waals surface area contributed by atoms with Crippen LogP contribution in [0.4, 0.5) is 0 Å². The van der Waals surface area contributed by atoms with E-state index in [0.717, 1.165) is 17.1 Å². The molecule has 1 aromatic carbocycles. The first-order chi connectivity index (χ1) is 8.99. The van der Waals surface area contributed by atoms with Gasteiger partial charge in [-0.3, -0.25) is 0 Å². The fraction of sp³-hybridized carbons (Fsp3) is 0.538. The minimum atomic E-state index is -3.45. The van der Waals surface area contributed by atoms with Gasteiger partial charge in [0.05, 0.1) is 4.90 Å². The molecule has 1 atom stereocenters. The van der Waals surface area contributed by atoms with E-state index in [2.05, 4.69) is 4.72 Å². The molecule has 0 aromatic heterocycles. The van der Waals surface area contributed by atoms with Crippen molar-refractivity contribution >= 4 is 21.8 Å². The van der Waals surface area contributed by atoms with Gasteiger partial charge >= 0.3 is 0 Å². The molecule has 0 amide bonds. The summed E-state index contributed by atoms with van der Waals surface area (Å²) in [5, 5.41) is 8.82. The average molecular weight is 303 g/mol. The van der Waals surface area contributed by atoms with Crippen LogP contribution in [-0.2, 0) is 16.4 Å². The molecule has 0 aliphatic carbocycles. The van der Waals surface area contributed by atoms with Gasteiger partial charge in [-0.2, -0.15) is 11.8 Å². The summed E-state index contributed by atoms with van der Waals surface area (Å²) in [6.07, 6.45) is 0.539. The lowest BCUT2D eigenvalue weighted by atomic mass is 10.2. The minimum Gasteiger partial charge on any atom is -0.396 e. The van der Waals surface area contributed by atoms with Crippen molar-refractivity contribution in [1.29, 1.82) is 0 Å². The standard InChI is InChI=1S/C13H21NO3S2/c1-3-18-10-11(2)14-19(16,17)13-6-4-12(5-7-13)8-9-15/h4-7,11,14-15H,3,8-10H2,1-2H3. The van der Waals surface area contributed by atoms with Crippen LogP contribution in [0.15, 0.2) is 29.2 Å². The third-order valence-corrected chi connectivity index (χ3v) is 5.31. The Morgan fingerprint density at radius 1 is 1.32 bits per heavy atom. The van der Waals surface area contributed by atoms with E-state index in [4.69, 9.17) is 5.11 Å². The smallest absolute Gasteiger partial charge is 0.240 e. The van der Waals surface area contributed by atoms with Gasteiger partial charge in [-0.15, -0.1) is 0 Å². The van der Waals surface area contributed by atoms with Crippen molar-refractivity contribution in [3.05, 3.63) is 29.8 Å². The maximum Gasteiger partial charge on any atom is 0.240 e. The van der Waals surface area contributed by atoms with Crippen molar-refractivity contribution < 1.29 is 13.5 Å². The maximum absolute atomic E-state index is 12.1. The summed E-state index contributed by atoms with van der Waals surface area (Å²) in [4.78, 5) is 0.266. The number of thioether (sulfide) groups is 1. The zero-order chi connectivity index (χ0) is 14.3. The Kier molecular flexibility index (Phi) is 6.85. The first-order valence-electron chi connectivity index (χ1n) is 6.29. The van der Waals surface area contributed by atoms with Crippen molar-refractivity contribution in [2.75, 3.05) is 18.1 Å². The van der Waals surface area contributed by atoms with Gasteiger partial charge in [0.25, 0.3) is 0 Å². The van der Waals surface area contributed by atoms with Gasteiger partial charge in [0.2, 0.25) is 10.0 Å². The summed E-state index contributed by atoms with van der Waals surface area (Å²) in [5.41, 5.74) is 0.927. The Bertz CT molecular complexity index is 471. The number of hydrogen-bond acceptors (Lipinski definition) is 4. The quantitative estimate of drug-likeness (QED) is 0.766. The van der Waals surface area contributed by atoms with E-state index < -0.39 is 10.0 Å². The topological polar surface area (TPSA) is 66.4 Å². The van der Waals surface area contributed by atoms with Gasteiger partial charge < -0.3 is 5.11 Å². The third-order valence-electron chi connectivity index (χ3n) is 2.56. The van der Waals surface area contributed by atoms with Crippen LogP contribution in [0.25, 0.3) is 0 Å². The van der Waals surface area contributed by atoms with Gasteiger partial charge in [0, 0.05) is 18.4 Å². The monoisotopic (exact) mass is 303 g/mol. The molecular formula is C13H21NO3S2. The second kappa shape index (κ2) is 7.89. The zero-order valence-electron chi connectivity index (χ0n) is 11.3. The number of aliphatic hydroxyl groups excluding tert-OH is 1. The Labute approximate surface area is 119 Å². The molecule has 1 rings (SSSR count). The van der Waals surface area contributed by atoms with Crippen LogP contribution >= 0.6 is 11.8 Å². The summed E-state index contributed by atoms with van der Waals surface area (Å²) in [6.45, 7) is 3.97. The van der Waals surface area contributed by atoms with E-state index in [1.807, 2.05) is 13.8 Å². The second-order valence-corrected chi connectivity index (χ2v) is 7.33. The van der Waals surface area contributed by atoms with Gasteiger partial charge in [0.15, 0.2) is 0 Å². The molecular weight excluding hydrogens is 282 g/mol. The van der Waals surface area contributed by atoms with Crippen LogP contribution in [0.3, 0.4) is 0 Å². The Morgan fingerprint density at radius 2 is 1.95 bits per heavy atom. The third kappa shape index (κ3) is 5.52. The molecule has 0 aliphatic rings. The van der Waals surface area contributed by atoms with Crippen LogP contribution in [0, 0.1) is 0 Å². The number of nitrogens with one attached hydrogen (secondary N) is 1. The minimum absolute atomic E-state index is 0.0651. The fourth-order valence-electron chi connectivity index (χ4n) is 1.63. The predicted molar refractivity (Wildman–Crippen MR) is 80.0 cm³/mol. The summed E-state index contributed by atoms with van der Waals surface area (Å²) >= 11 is 1.71. The molecule has 108 valence electrons. The maximum atomic E-state index is 12.1. The van der Waals surface area contributed by atoms with Gasteiger partial charge in [-0.25, -0.2) is 13.1 Å². The molecule has 0 bridgehead atoms. The zero-order valence-corrected chi connectivity index (χ0v) is 12.9. The molecule has 4 nitrogen and oxygen atoms in total. The average Bonchev–Trinajstić information content (AvgIpc) is 2.37. The van der Waals surface area contributed by atoms with E-state index in [-0.39, 0.29) is 17.5 Å². The lowest BCUT2D eigenvalue weighted by Gasteiger charge is -2.13. The molecule has 0 saturated carbocycles. The van der Waals surface area contributed by atoms with E-state index in [1.165, 1.54) is 0 Å². The van der Waals surface area contributed by atoms with Crippen LogP contribution in [0.5, 0.6) is 0 Å². The lowest BCUT2D eigenvalue weighted by molar-refractivity contribution is 0.299. The van der Waals surface area contributed by atoms with E-state index in [1.54, 1.807) is 36.0 Å². The molecule has 1 aromatic rings. The highest BCUT2D eigenvalue weighted by Crippen LogP contribution is 2.12. The van der Waals surface area contributed by atoms with E-state index >= 15 is 0 Å². The summed E-state index contributed by atoms with van der Waals surface area (Å²) < 4.78 is 26.9. The highest BCUT2D eigenvalue weighted by molar-refractivity contribution is 7.99. The molecule has 0 aliphatic heterocycles. The molecule has 0 saturated heterocycles. The highest BCUT2D eigenvalue weighted by Gasteiger charge is 2.16. The number of sulfonamides is 1. The first kappa shape index (κ1) is 16.5. The Balaban J connectivity index is 2.71. The molecule has 6 heteroatoms. The lowest BCUT2D eigenvalue weighted by Crippen LogP contribution is -2.34. The molecule has 0 fully saturated rings. The number of aliphatic hydroxyl groups is 1. The van der Waals surface area contributed by atoms with Crippen molar-refractivity contribution in [3.63, 3.8) is 0 Å². The fourth-order valence-corrected chi connectivity index (χ4v) is 3.65. The Morgan fingerprint density at radius 3 is 2.47 bits per heavy atom. The van der Waals surface area contributed by atoms with Crippen molar-refractivity contribution in [2.45, 2.75) is 31.2 Å². The van der Waals surface area contributed by atoms with E-state index in [9.17, 15) is 8.42 Å². The predicted octanol–water partition coefficient (Wildman–Crippen LogP) is 1.64. The summed E-state index contributed by atoms with van der Waals surface area (Å²) in [6, 6.07) is 6.53. The van der Waals surface area contributed by atoms with Gasteiger partial charge in [-0.05, 0) is 36.8 Å². The number of hydrogen-bond donors (Lipinski definition) is 2. The molecule has 0 heterocycles.